The fourth-order valence-electron chi connectivity index (χ4n) is 1.30. The van der Waals surface area contributed by atoms with Crippen LogP contribution in [0, 0.1) is 5.92 Å². The molecule has 0 atom stereocenters. The highest BCUT2D eigenvalue weighted by Crippen LogP contribution is 2.13. The highest BCUT2D eigenvalue weighted by atomic mass is 16.1. The second-order valence-corrected chi connectivity index (χ2v) is 3.97. The van der Waals surface area contributed by atoms with Gasteiger partial charge in [0.2, 0.25) is 5.91 Å². The number of carbonyl (C=O) groups is 1. The molecule has 2 N–H and O–H groups in total. The zero-order valence-electron chi connectivity index (χ0n) is 9.50. The quantitative estimate of drug-likeness (QED) is 0.795. The molecule has 0 unspecified atom stereocenters. The zero-order chi connectivity index (χ0) is 11.3. The summed E-state index contributed by atoms with van der Waals surface area (Å²) >= 11 is 0. The number of nitrogens with one attached hydrogen (secondary N) is 2. The van der Waals surface area contributed by atoms with Gasteiger partial charge in [-0.2, -0.15) is 0 Å². The first-order chi connectivity index (χ1) is 7.11. The maximum absolute atomic E-state index is 11.5. The van der Waals surface area contributed by atoms with Gasteiger partial charge in [0.25, 0.3) is 0 Å². The van der Waals surface area contributed by atoms with Crippen LogP contribution in [0.5, 0.6) is 0 Å². The molecular formula is C12H18N2O. The lowest BCUT2D eigenvalue weighted by Crippen LogP contribution is -2.13. The summed E-state index contributed by atoms with van der Waals surface area (Å²) in [5.74, 6) is 0.462. The van der Waals surface area contributed by atoms with Gasteiger partial charge in [-0.3, -0.25) is 4.79 Å². The zero-order valence-corrected chi connectivity index (χ0v) is 9.50. The van der Waals surface area contributed by atoms with Crippen molar-refractivity contribution in [2.75, 3.05) is 17.7 Å². The Morgan fingerprint density at radius 1 is 1.20 bits per heavy atom. The Labute approximate surface area is 90.9 Å². The van der Waals surface area contributed by atoms with Crippen LogP contribution in [-0.2, 0) is 4.79 Å². The van der Waals surface area contributed by atoms with Gasteiger partial charge >= 0.3 is 0 Å². The summed E-state index contributed by atoms with van der Waals surface area (Å²) < 4.78 is 0. The number of carbonyl (C=O) groups excluding carboxylic acids is 1. The molecule has 1 rings (SSSR count). The molecule has 0 saturated heterocycles. The summed E-state index contributed by atoms with van der Waals surface area (Å²) in [6.45, 7) is 4.06. The van der Waals surface area contributed by atoms with Crippen molar-refractivity contribution in [1.82, 2.24) is 0 Å². The van der Waals surface area contributed by atoms with Gasteiger partial charge in [-0.1, -0.05) is 13.8 Å². The van der Waals surface area contributed by atoms with Gasteiger partial charge in [0.05, 0.1) is 0 Å². The second kappa shape index (κ2) is 5.39. The van der Waals surface area contributed by atoms with Crippen molar-refractivity contribution in [3.8, 4) is 0 Å². The summed E-state index contributed by atoms with van der Waals surface area (Å²) in [5, 5.41) is 5.88. The average Bonchev–Trinajstić information content (AvgIpc) is 2.17. The molecule has 0 heterocycles. The van der Waals surface area contributed by atoms with Gasteiger partial charge < -0.3 is 10.6 Å². The number of amides is 1. The van der Waals surface area contributed by atoms with Crippen LogP contribution in [0.3, 0.4) is 0 Å². The van der Waals surface area contributed by atoms with Gasteiger partial charge in [-0.25, -0.2) is 0 Å². The Morgan fingerprint density at radius 2 is 1.73 bits per heavy atom. The molecule has 1 aromatic rings. The van der Waals surface area contributed by atoms with Crippen LogP contribution < -0.4 is 10.6 Å². The first-order valence-corrected chi connectivity index (χ1v) is 5.19. The maximum Gasteiger partial charge on any atom is 0.224 e. The van der Waals surface area contributed by atoms with Crippen molar-refractivity contribution < 1.29 is 4.79 Å². The summed E-state index contributed by atoms with van der Waals surface area (Å²) in [6, 6.07) is 7.66. The predicted molar refractivity (Wildman–Crippen MR) is 64.1 cm³/mol. The molecule has 0 aliphatic heterocycles. The van der Waals surface area contributed by atoms with E-state index in [9.17, 15) is 4.79 Å². The SMILES string of the molecule is CNc1ccc(NC(=O)CC(C)C)cc1. The fourth-order valence-corrected chi connectivity index (χ4v) is 1.30. The van der Waals surface area contributed by atoms with Crippen LogP contribution in [0.1, 0.15) is 20.3 Å². The van der Waals surface area contributed by atoms with Crippen LogP contribution in [-0.4, -0.2) is 13.0 Å². The van der Waals surface area contributed by atoms with E-state index < -0.39 is 0 Å². The van der Waals surface area contributed by atoms with E-state index in [4.69, 9.17) is 0 Å². The topological polar surface area (TPSA) is 41.1 Å². The molecule has 82 valence electrons. The molecule has 0 spiro atoms. The average molecular weight is 206 g/mol. The molecule has 3 nitrogen and oxygen atoms in total. The van der Waals surface area contributed by atoms with Crippen molar-refractivity contribution >= 4 is 17.3 Å². The number of hydrogen-bond donors (Lipinski definition) is 2. The van der Waals surface area contributed by atoms with Crippen LogP contribution in [0.25, 0.3) is 0 Å². The Balaban J connectivity index is 2.53. The fraction of sp³-hybridized carbons (Fsp3) is 0.417. The third-order valence-corrected chi connectivity index (χ3v) is 2.05. The smallest absolute Gasteiger partial charge is 0.224 e. The molecule has 15 heavy (non-hydrogen) atoms. The van der Waals surface area contributed by atoms with Gasteiger partial charge in [0.1, 0.15) is 0 Å². The van der Waals surface area contributed by atoms with Crippen molar-refractivity contribution in [1.29, 1.82) is 0 Å². The Hall–Kier alpha value is -1.51. The van der Waals surface area contributed by atoms with Crippen molar-refractivity contribution in [2.45, 2.75) is 20.3 Å². The minimum absolute atomic E-state index is 0.0715. The molecule has 0 fully saturated rings. The Morgan fingerprint density at radius 3 is 2.20 bits per heavy atom. The van der Waals surface area contributed by atoms with Crippen LogP contribution in [0.15, 0.2) is 24.3 Å². The van der Waals surface area contributed by atoms with Gasteiger partial charge in [-0.05, 0) is 30.2 Å². The number of hydrogen-bond acceptors (Lipinski definition) is 2. The van der Waals surface area contributed by atoms with Crippen LogP contribution in [0.4, 0.5) is 11.4 Å². The lowest BCUT2D eigenvalue weighted by atomic mass is 10.1. The molecule has 0 radical (unpaired) electrons. The standard InChI is InChI=1S/C12H18N2O/c1-9(2)8-12(15)14-11-6-4-10(13-3)5-7-11/h4-7,9,13H,8H2,1-3H3,(H,14,15). The molecule has 1 amide bonds. The third-order valence-electron chi connectivity index (χ3n) is 2.05. The lowest BCUT2D eigenvalue weighted by Gasteiger charge is -2.07. The van der Waals surface area contributed by atoms with E-state index in [1.54, 1.807) is 0 Å². The van der Waals surface area contributed by atoms with Gasteiger partial charge in [0, 0.05) is 24.8 Å². The first kappa shape index (κ1) is 11.6. The summed E-state index contributed by atoms with van der Waals surface area (Å²) in [7, 11) is 1.87. The van der Waals surface area contributed by atoms with E-state index in [0.717, 1.165) is 11.4 Å². The van der Waals surface area contributed by atoms with Crippen molar-refractivity contribution in [3.63, 3.8) is 0 Å². The summed E-state index contributed by atoms with van der Waals surface area (Å²) in [5.41, 5.74) is 1.89. The van der Waals surface area contributed by atoms with Crippen molar-refractivity contribution in [3.05, 3.63) is 24.3 Å². The normalized spacial score (nSPS) is 10.1. The summed E-state index contributed by atoms with van der Waals surface area (Å²) in [6.07, 6.45) is 0.563. The highest BCUT2D eigenvalue weighted by molar-refractivity contribution is 5.90. The summed E-state index contributed by atoms with van der Waals surface area (Å²) in [4.78, 5) is 11.5. The van der Waals surface area contributed by atoms with Crippen molar-refractivity contribution in [2.24, 2.45) is 5.92 Å². The highest BCUT2D eigenvalue weighted by Gasteiger charge is 2.04. The molecular weight excluding hydrogens is 188 g/mol. The van der Waals surface area contributed by atoms with Gasteiger partial charge in [0.15, 0.2) is 0 Å². The minimum atomic E-state index is 0.0715. The maximum atomic E-state index is 11.5. The number of benzene rings is 1. The molecule has 0 saturated carbocycles. The van der Waals surface area contributed by atoms with Crippen LogP contribution >= 0.6 is 0 Å². The van der Waals surface area contributed by atoms with E-state index in [-0.39, 0.29) is 5.91 Å². The lowest BCUT2D eigenvalue weighted by molar-refractivity contribution is -0.116. The third kappa shape index (κ3) is 4.02. The Bertz CT molecular complexity index is 317. The van der Waals surface area contributed by atoms with E-state index in [1.807, 2.05) is 45.2 Å². The molecule has 1 aromatic carbocycles. The largest absolute Gasteiger partial charge is 0.388 e. The monoisotopic (exact) mass is 206 g/mol. The number of anilines is 2. The van der Waals surface area contributed by atoms with E-state index >= 15 is 0 Å². The minimum Gasteiger partial charge on any atom is -0.388 e. The van der Waals surface area contributed by atoms with E-state index in [2.05, 4.69) is 10.6 Å². The second-order valence-electron chi connectivity index (χ2n) is 3.97. The first-order valence-electron chi connectivity index (χ1n) is 5.19. The molecule has 0 aliphatic rings. The molecule has 0 aliphatic carbocycles. The van der Waals surface area contributed by atoms with Gasteiger partial charge in [-0.15, -0.1) is 0 Å². The van der Waals surface area contributed by atoms with E-state index in [0.29, 0.717) is 12.3 Å². The number of rotatable bonds is 4. The molecule has 3 heteroatoms. The Kier molecular flexibility index (Phi) is 4.16. The molecule has 0 bridgehead atoms. The van der Waals surface area contributed by atoms with Crippen LogP contribution in [0.2, 0.25) is 0 Å². The predicted octanol–water partition coefficient (Wildman–Crippen LogP) is 2.71. The molecule has 0 aromatic heterocycles. The van der Waals surface area contributed by atoms with E-state index in [1.165, 1.54) is 0 Å².